The van der Waals surface area contributed by atoms with Crippen LogP contribution in [0.2, 0.25) is 5.02 Å². The van der Waals surface area contributed by atoms with Gasteiger partial charge in [0.15, 0.2) is 0 Å². The summed E-state index contributed by atoms with van der Waals surface area (Å²) in [7, 11) is 0. The Balaban J connectivity index is 2.61. The van der Waals surface area contributed by atoms with Gasteiger partial charge < -0.3 is 5.73 Å². The molecular formula is C13H19ClFN. The van der Waals surface area contributed by atoms with Crippen molar-refractivity contribution in [1.82, 2.24) is 0 Å². The van der Waals surface area contributed by atoms with E-state index in [9.17, 15) is 4.39 Å². The number of rotatable bonds is 5. The first-order chi connectivity index (χ1) is 7.52. The third kappa shape index (κ3) is 4.11. The molecule has 90 valence electrons. The number of hydrogen-bond donors (Lipinski definition) is 1. The van der Waals surface area contributed by atoms with Crippen molar-refractivity contribution in [3.05, 3.63) is 34.6 Å². The maximum Gasteiger partial charge on any atom is 0.123 e. The topological polar surface area (TPSA) is 26.0 Å². The summed E-state index contributed by atoms with van der Waals surface area (Å²) < 4.78 is 13.0. The molecular weight excluding hydrogens is 225 g/mol. The SMILES string of the molecule is CCC(C)CC(N)Cc1cc(F)ccc1Cl. The highest BCUT2D eigenvalue weighted by Gasteiger charge is 2.11. The minimum atomic E-state index is -0.255. The van der Waals surface area contributed by atoms with Gasteiger partial charge in [-0.1, -0.05) is 31.9 Å². The Labute approximate surface area is 102 Å². The summed E-state index contributed by atoms with van der Waals surface area (Å²) >= 11 is 5.99. The summed E-state index contributed by atoms with van der Waals surface area (Å²) in [5.41, 5.74) is 6.82. The maximum absolute atomic E-state index is 13.0. The largest absolute Gasteiger partial charge is 0.327 e. The molecule has 0 aromatic heterocycles. The lowest BCUT2D eigenvalue weighted by molar-refractivity contribution is 0.450. The Morgan fingerprint density at radius 1 is 1.44 bits per heavy atom. The quantitative estimate of drug-likeness (QED) is 0.837. The van der Waals surface area contributed by atoms with Gasteiger partial charge in [-0.2, -0.15) is 0 Å². The van der Waals surface area contributed by atoms with Crippen LogP contribution < -0.4 is 5.73 Å². The minimum Gasteiger partial charge on any atom is -0.327 e. The van der Waals surface area contributed by atoms with Gasteiger partial charge >= 0.3 is 0 Å². The van der Waals surface area contributed by atoms with Gasteiger partial charge in [0.1, 0.15) is 5.82 Å². The number of hydrogen-bond acceptors (Lipinski definition) is 1. The maximum atomic E-state index is 13.0. The van der Waals surface area contributed by atoms with Crippen molar-refractivity contribution in [3.8, 4) is 0 Å². The fourth-order valence-corrected chi connectivity index (χ4v) is 1.94. The average molecular weight is 244 g/mol. The van der Waals surface area contributed by atoms with Crippen LogP contribution in [0.3, 0.4) is 0 Å². The summed E-state index contributed by atoms with van der Waals surface area (Å²) in [5, 5.41) is 0.598. The van der Waals surface area contributed by atoms with Gasteiger partial charge in [-0.25, -0.2) is 4.39 Å². The molecule has 0 heterocycles. The summed E-state index contributed by atoms with van der Waals surface area (Å²) in [6.45, 7) is 4.32. The van der Waals surface area contributed by atoms with E-state index in [4.69, 9.17) is 17.3 Å². The van der Waals surface area contributed by atoms with Gasteiger partial charge in [0.05, 0.1) is 0 Å². The monoisotopic (exact) mass is 243 g/mol. The van der Waals surface area contributed by atoms with Crippen molar-refractivity contribution in [2.45, 2.75) is 39.2 Å². The highest BCUT2D eigenvalue weighted by atomic mass is 35.5. The molecule has 1 aromatic carbocycles. The first-order valence-electron chi connectivity index (χ1n) is 5.72. The Kier molecular flexibility index (Phi) is 5.23. The van der Waals surface area contributed by atoms with Gasteiger partial charge in [0.2, 0.25) is 0 Å². The van der Waals surface area contributed by atoms with E-state index >= 15 is 0 Å². The third-order valence-electron chi connectivity index (χ3n) is 2.89. The first-order valence-corrected chi connectivity index (χ1v) is 6.10. The zero-order valence-electron chi connectivity index (χ0n) is 9.84. The standard InChI is InChI=1S/C13H19ClFN/c1-3-9(2)6-12(16)8-10-7-11(15)4-5-13(10)14/h4-5,7,9,12H,3,6,8,16H2,1-2H3. The van der Waals surface area contributed by atoms with Crippen molar-refractivity contribution in [2.75, 3.05) is 0 Å². The lowest BCUT2D eigenvalue weighted by Crippen LogP contribution is -2.25. The Morgan fingerprint density at radius 3 is 2.75 bits per heavy atom. The molecule has 3 heteroatoms. The van der Waals surface area contributed by atoms with Crippen LogP contribution in [-0.4, -0.2) is 6.04 Å². The molecule has 0 saturated carbocycles. The molecule has 2 unspecified atom stereocenters. The first kappa shape index (κ1) is 13.5. The van der Waals surface area contributed by atoms with Crippen LogP contribution in [0, 0.1) is 11.7 Å². The molecule has 0 spiro atoms. The van der Waals surface area contributed by atoms with Crippen molar-refractivity contribution >= 4 is 11.6 Å². The van der Waals surface area contributed by atoms with Gasteiger partial charge in [0, 0.05) is 11.1 Å². The highest BCUT2D eigenvalue weighted by molar-refractivity contribution is 6.31. The Morgan fingerprint density at radius 2 is 2.12 bits per heavy atom. The van der Waals surface area contributed by atoms with E-state index in [0.717, 1.165) is 18.4 Å². The summed E-state index contributed by atoms with van der Waals surface area (Å²) in [4.78, 5) is 0. The van der Waals surface area contributed by atoms with Crippen molar-refractivity contribution in [1.29, 1.82) is 0 Å². The van der Waals surface area contributed by atoms with Gasteiger partial charge in [-0.3, -0.25) is 0 Å². The lowest BCUT2D eigenvalue weighted by Gasteiger charge is -2.16. The van der Waals surface area contributed by atoms with E-state index in [1.807, 2.05) is 0 Å². The number of benzene rings is 1. The van der Waals surface area contributed by atoms with Crippen LogP contribution in [0.1, 0.15) is 32.3 Å². The molecule has 0 aliphatic carbocycles. The van der Waals surface area contributed by atoms with Gasteiger partial charge in [-0.15, -0.1) is 0 Å². The van der Waals surface area contributed by atoms with E-state index in [0.29, 0.717) is 17.4 Å². The molecule has 1 nitrogen and oxygen atoms in total. The molecule has 0 fully saturated rings. The van der Waals surface area contributed by atoms with E-state index in [1.165, 1.54) is 12.1 Å². The van der Waals surface area contributed by atoms with E-state index in [2.05, 4.69) is 13.8 Å². The van der Waals surface area contributed by atoms with Crippen LogP contribution in [0.5, 0.6) is 0 Å². The Hall–Kier alpha value is -0.600. The predicted octanol–water partition coefficient (Wildman–Crippen LogP) is 3.79. The van der Waals surface area contributed by atoms with E-state index < -0.39 is 0 Å². The van der Waals surface area contributed by atoms with Gasteiger partial charge in [0.25, 0.3) is 0 Å². The van der Waals surface area contributed by atoms with Crippen molar-refractivity contribution in [2.24, 2.45) is 11.7 Å². The second kappa shape index (κ2) is 6.21. The minimum absolute atomic E-state index is 0.0502. The fourth-order valence-electron chi connectivity index (χ4n) is 1.75. The van der Waals surface area contributed by atoms with Crippen LogP contribution in [0.15, 0.2) is 18.2 Å². The molecule has 16 heavy (non-hydrogen) atoms. The zero-order valence-corrected chi connectivity index (χ0v) is 10.6. The molecule has 0 radical (unpaired) electrons. The average Bonchev–Trinajstić information content (AvgIpc) is 2.23. The van der Waals surface area contributed by atoms with Crippen LogP contribution in [0.25, 0.3) is 0 Å². The molecule has 0 aliphatic rings. The fraction of sp³-hybridized carbons (Fsp3) is 0.538. The molecule has 2 atom stereocenters. The van der Waals surface area contributed by atoms with Gasteiger partial charge in [-0.05, 0) is 42.5 Å². The van der Waals surface area contributed by atoms with E-state index in [1.54, 1.807) is 6.07 Å². The molecule has 2 N–H and O–H groups in total. The van der Waals surface area contributed by atoms with Crippen LogP contribution in [0.4, 0.5) is 4.39 Å². The lowest BCUT2D eigenvalue weighted by atomic mass is 9.95. The molecule has 0 amide bonds. The second-order valence-corrected chi connectivity index (χ2v) is 4.86. The molecule has 1 aromatic rings. The number of nitrogens with two attached hydrogens (primary N) is 1. The highest BCUT2D eigenvalue weighted by Crippen LogP contribution is 2.20. The Bertz CT molecular complexity index is 341. The van der Waals surface area contributed by atoms with Crippen molar-refractivity contribution in [3.63, 3.8) is 0 Å². The molecule has 1 rings (SSSR count). The molecule has 0 bridgehead atoms. The predicted molar refractivity (Wildman–Crippen MR) is 67.2 cm³/mol. The summed E-state index contributed by atoms with van der Waals surface area (Å²) in [6.07, 6.45) is 2.70. The van der Waals surface area contributed by atoms with E-state index in [-0.39, 0.29) is 11.9 Å². The van der Waals surface area contributed by atoms with Crippen molar-refractivity contribution < 1.29 is 4.39 Å². The zero-order chi connectivity index (χ0) is 12.1. The summed E-state index contributed by atoms with van der Waals surface area (Å²) in [5.74, 6) is 0.345. The molecule has 0 saturated heterocycles. The number of halogens is 2. The van der Waals surface area contributed by atoms with Crippen LogP contribution >= 0.6 is 11.6 Å². The third-order valence-corrected chi connectivity index (χ3v) is 3.26. The summed E-state index contributed by atoms with van der Waals surface area (Å²) in [6, 6.07) is 4.47. The normalized spacial score (nSPS) is 14.8. The van der Waals surface area contributed by atoms with Crippen LogP contribution in [-0.2, 0) is 6.42 Å². The second-order valence-electron chi connectivity index (χ2n) is 4.45. The molecule has 0 aliphatic heterocycles. The smallest absolute Gasteiger partial charge is 0.123 e.